The number of carbonyl (C=O) groups excluding carboxylic acids is 1. The fourth-order valence-corrected chi connectivity index (χ4v) is 4.35. The minimum atomic E-state index is -0.0900. The normalized spacial score (nSPS) is 24.7. The van der Waals surface area contributed by atoms with Crippen molar-refractivity contribution in [2.24, 2.45) is 16.8 Å². The van der Waals surface area contributed by atoms with Crippen molar-refractivity contribution >= 4 is 35.9 Å². The van der Waals surface area contributed by atoms with Crippen LogP contribution in [-0.2, 0) is 14.3 Å². The fourth-order valence-electron chi connectivity index (χ4n) is 4.35. The number of hydrogen-bond acceptors (Lipinski definition) is 4. The molecule has 7 heteroatoms. The number of aryl methyl sites for hydroxylation is 1. The van der Waals surface area contributed by atoms with Gasteiger partial charge >= 0.3 is 5.97 Å². The van der Waals surface area contributed by atoms with Crippen LogP contribution in [0.15, 0.2) is 29.3 Å². The molecule has 2 saturated heterocycles. The molecule has 0 aliphatic carbocycles. The average Bonchev–Trinajstić information content (AvgIpc) is 2.75. The lowest BCUT2D eigenvalue weighted by atomic mass is 9.89. The first-order valence-corrected chi connectivity index (χ1v) is 10.9. The Morgan fingerprint density at radius 3 is 2.73 bits per heavy atom. The van der Waals surface area contributed by atoms with Crippen molar-refractivity contribution in [2.45, 2.75) is 45.6 Å². The van der Waals surface area contributed by atoms with E-state index in [2.05, 4.69) is 46.4 Å². The van der Waals surface area contributed by atoms with Gasteiger partial charge in [0.1, 0.15) is 0 Å². The van der Waals surface area contributed by atoms with Crippen LogP contribution in [-0.4, -0.2) is 56.7 Å². The topological polar surface area (TPSA) is 63.2 Å². The Morgan fingerprint density at radius 2 is 2.03 bits per heavy atom. The molecular weight excluding hydrogens is 493 g/mol. The molecule has 3 atom stereocenters. The van der Waals surface area contributed by atoms with Crippen molar-refractivity contribution in [3.8, 4) is 0 Å². The summed E-state index contributed by atoms with van der Waals surface area (Å²) in [6, 6.07) is 8.67. The van der Waals surface area contributed by atoms with Gasteiger partial charge in [0, 0.05) is 39.2 Å². The predicted octanol–water partition coefficient (Wildman–Crippen LogP) is 3.93. The van der Waals surface area contributed by atoms with E-state index in [1.54, 1.807) is 0 Å². The summed E-state index contributed by atoms with van der Waals surface area (Å²) in [7, 11) is 1.81. The minimum Gasteiger partial charge on any atom is -0.466 e. The number of benzene rings is 1. The van der Waals surface area contributed by atoms with Crippen molar-refractivity contribution in [1.29, 1.82) is 0 Å². The predicted molar refractivity (Wildman–Crippen MR) is 130 cm³/mol. The third kappa shape index (κ3) is 6.57. The largest absolute Gasteiger partial charge is 0.466 e. The van der Waals surface area contributed by atoms with Gasteiger partial charge in [0.25, 0.3) is 0 Å². The molecule has 2 fully saturated rings. The van der Waals surface area contributed by atoms with E-state index in [0.29, 0.717) is 19.1 Å². The first kappa shape index (κ1) is 24.9. The van der Waals surface area contributed by atoms with Crippen molar-refractivity contribution in [2.75, 3.05) is 39.9 Å². The van der Waals surface area contributed by atoms with Gasteiger partial charge in [0.05, 0.1) is 18.6 Å². The molecule has 1 N–H and O–H groups in total. The van der Waals surface area contributed by atoms with Gasteiger partial charge in [-0.1, -0.05) is 29.8 Å². The summed E-state index contributed by atoms with van der Waals surface area (Å²) in [5.41, 5.74) is 2.51. The van der Waals surface area contributed by atoms with Crippen molar-refractivity contribution < 1.29 is 14.3 Å². The molecule has 2 aliphatic heterocycles. The number of carbonyl (C=O) groups is 1. The number of likely N-dealkylation sites (tertiary alicyclic amines) is 1. The number of halogens is 1. The van der Waals surface area contributed by atoms with E-state index in [1.165, 1.54) is 11.1 Å². The van der Waals surface area contributed by atoms with Crippen LogP contribution >= 0.6 is 24.0 Å². The van der Waals surface area contributed by atoms with Crippen molar-refractivity contribution in [3.63, 3.8) is 0 Å². The number of hydrogen-bond donors (Lipinski definition) is 1. The van der Waals surface area contributed by atoms with Crippen LogP contribution < -0.4 is 5.32 Å². The number of ether oxygens (including phenoxy) is 2. The molecule has 0 amide bonds. The van der Waals surface area contributed by atoms with E-state index in [0.717, 1.165) is 51.3 Å². The van der Waals surface area contributed by atoms with E-state index in [-0.39, 0.29) is 42.0 Å². The molecule has 3 rings (SSSR count). The molecule has 0 aromatic heterocycles. The second-order valence-corrected chi connectivity index (χ2v) is 8.07. The summed E-state index contributed by atoms with van der Waals surface area (Å²) in [5, 5.41) is 3.56. The molecule has 1 aromatic rings. The number of esters is 1. The molecule has 6 nitrogen and oxygen atoms in total. The first-order valence-electron chi connectivity index (χ1n) is 10.9. The Hall–Kier alpha value is -1.35. The van der Waals surface area contributed by atoms with Crippen molar-refractivity contribution in [3.05, 3.63) is 35.4 Å². The number of nitrogens with one attached hydrogen (secondary N) is 1. The third-order valence-corrected chi connectivity index (χ3v) is 5.93. The number of nitrogens with zero attached hydrogens (tertiary/aromatic N) is 2. The van der Waals surface area contributed by atoms with Crippen LogP contribution in [0, 0.1) is 18.8 Å². The van der Waals surface area contributed by atoms with Crippen LogP contribution in [0.2, 0.25) is 0 Å². The molecule has 2 heterocycles. The SMILES string of the molecule is CCOC(=O)C1CCCN(C(=NC)NCC2CCCOC2c2ccc(C)cc2)C1.I. The van der Waals surface area contributed by atoms with Crippen LogP contribution in [0.25, 0.3) is 0 Å². The van der Waals surface area contributed by atoms with E-state index < -0.39 is 0 Å². The van der Waals surface area contributed by atoms with Gasteiger partial charge in [-0.2, -0.15) is 0 Å². The number of rotatable bonds is 5. The van der Waals surface area contributed by atoms with Gasteiger partial charge in [-0.3, -0.25) is 9.79 Å². The minimum absolute atomic E-state index is 0. The van der Waals surface area contributed by atoms with Crippen LogP contribution in [0.3, 0.4) is 0 Å². The number of aliphatic imine (C=N–C) groups is 1. The highest BCUT2D eigenvalue weighted by molar-refractivity contribution is 14.0. The standard InChI is InChI=1S/C23H35N3O3.HI/c1-4-28-22(27)20-7-5-13-26(16-20)23(24-3)25-15-19-8-6-14-29-21(19)18-11-9-17(2)10-12-18;/h9-12,19-21H,4-8,13-16H2,1-3H3,(H,24,25);1H. The quantitative estimate of drug-likeness (QED) is 0.271. The van der Waals surface area contributed by atoms with Gasteiger partial charge in [-0.25, -0.2) is 0 Å². The zero-order valence-corrected chi connectivity index (χ0v) is 20.8. The van der Waals surface area contributed by atoms with Gasteiger partial charge in [0.15, 0.2) is 5.96 Å². The zero-order valence-electron chi connectivity index (χ0n) is 18.4. The lowest BCUT2D eigenvalue weighted by Crippen LogP contribution is -2.49. The maximum Gasteiger partial charge on any atom is 0.310 e. The molecule has 3 unspecified atom stereocenters. The van der Waals surface area contributed by atoms with Crippen LogP contribution in [0.4, 0.5) is 0 Å². The highest BCUT2D eigenvalue weighted by Gasteiger charge is 2.30. The molecule has 0 saturated carbocycles. The first-order chi connectivity index (χ1) is 14.1. The Morgan fingerprint density at radius 1 is 1.27 bits per heavy atom. The monoisotopic (exact) mass is 529 g/mol. The van der Waals surface area contributed by atoms with E-state index in [1.807, 2.05) is 14.0 Å². The second kappa shape index (κ2) is 12.5. The smallest absolute Gasteiger partial charge is 0.310 e. The van der Waals surface area contributed by atoms with E-state index in [9.17, 15) is 4.79 Å². The van der Waals surface area contributed by atoms with Gasteiger partial charge in [-0.15, -0.1) is 24.0 Å². The summed E-state index contributed by atoms with van der Waals surface area (Å²) in [6.07, 6.45) is 4.19. The molecule has 0 spiro atoms. The molecule has 30 heavy (non-hydrogen) atoms. The molecule has 2 aliphatic rings. The molecule has 168 valence electrons. The highest BCUT2D eigenvalue weighted by atomic mass is 127. The van der Waals surface area contributed by atoms with Crippen molar-refractivity contribution in [1.82, 2.24) is 10.2 Å². The Bertz CT molecular complexity index is 695. The molecule has 0 radical (unpaired) electrons. The van der Waals surface area contributed by atoms with E-state index >= 15 is 0 Å². The zero-order chi connectivity index (χ0) is 20.6. The van der Waals surface area contributed by atoms with Gasteiger partial charge in [-0.05, 0) is 45.1 Å². The Balaban J connectivity index is 0.00000320. The van der Waals surface area contributed by atoms with E-state index in [4.69, 9.17) is 9.47 Å². The highest BCUT2D eigenvalue weighted by Crippen LogP contribution is 2.33. The van der Waals surface area contributed by atoms with Crippen LogP contribution in [0.5, 0.6) is 0 Å². The average molecular weight is 529 g/mol. The number of piperidine rings is 1. The maximum absolute atomic E-state index is 12.2. The Labute approximate surface area is 197 Å². The summed E-state index contributed by atoms with van der Waals surface area (Å²) >= 11 is 0. The molecule has 0 bridgehead atoms. The Kier molecular flexibility index (Phi) is 10.4. The van der Waals surface area contributed by atoms with Gasteiger partial charge < -0.3 is 19.7 Å². The maximum atomic E-state index is 12.2. The summed E-state index contributed by atoms with van der Waals surface area (Å²) in [6.45, 7) is 7.61. The van der Waals surface area contributed by atoms with Crippen LogP contribution in [0.1, 0.15) is 49.8 Å². The second-order valence-electron chi connectivity index (χ2n) is 8.07. The molecule has 1 aromatic carbocycles. The number of guanidine groups is 1. The summed E-state index contributed by atoms with van der Waals surface area (Å²) < 4.78 is 11.4. The lowest BCUT2D eigenvalue weighted by molar-refractivity contribution is -0.149. The fraction of sp³-hybridized carbons (Fsp3) is 0.652. The molecular formula is C23H36IN3O3. The van der Waals surface area contributed by atoms with Gasteiger partial charge in [0.2, 0.25) is 0 Å². The third-order valence-electron chi connectivity index (χ3n) is 5.93. The lowest BCUT2D eigenvalue weighted by Gasteiger charge is -2.36. The summed E-state index contributed by atoms with van der Waals surface area (Å²) in [4.78, 5) is 18.8. The summed E-state index contributed by atoms with van der Waals surface area (Å²) in [5.74, 6) is 1.11.